The van der Waals surface area contributed by atoms with Crippen molar-refractivity contribution < 1.29 is 14.3 Å². The first kappa shape index (κ1) is 14.9. The number of carbonyl (C=O) groups excluding carboxylic acids is 1. The number of methoxy groups -OCH3 is 2. The van der Waals surface area contributed by atoms with E-state index in [9.17, 15) is 4.79 Å². The van der Waals surface area contributed by atoms with Crippen LogP contribution in [0.2, 0.25) is 5.02 Å². The van der Waals surface area contributed by atoms with Gasteiger partial charge >= 0.3 is 0 Å². The van der Waals surface area contributed by atoms with Crippen molar-refractivity contribution in [3.63, 3.8) is 0 Å². The molecule has 0 fully saturated rings. The SMILES string of the molecule is COc1ccc(C(=O)c2ccc(Cl)cc2Br)cc1OC. The Labute approximate surface area is 130 Å². The molecule has 0 saturated heterocycles. The molecule has 104 valence electrons. The van der Waals surface area contributed by atoms with Crippen LogP contribution in [-0.2, 0) is 0 Å². The van der Waals surface area contributed by atoms with E-state index in [0.717, 1.165) is 0 Å². The van der Waals surface area contributed by atoms with Crippen LogP contribution in [0.4, 0.5) is 0 Å². The molecule has 2 rings (SSSR count). The molecule has 2 aromatic rings. The third-order valence-corrected chi connectivity index (χ3v) is 3.71. The Hall–Kier alpha value is -1.52. The summed E-state index contributed by atoms with van der Waals surface area (Å²) in [6.45, 7) is 0. The van der Waals surface area contributed by atoms with Gasteiger partial charge in [-0.3, -0.25) is 4.79 Å². The molecule has 2 aromatic carbocycles. The summed E-state index contributed by atoms with van der Waals surface area (Å²) in [4.78, 5) is 12.5. The molecule has 0 atom stereocenters. The standard InChI is InChI=1S/C15H12BrClO3/c1-19-13-6-3-9(7-14(13)20-2)15(18)11-5-4-10(17)8-12(11)16/h3-8H,1-2H3. The van der Waals surface area contributed by atoms with Crippen molar-refractivity contribution in [1.29, 1.82) is 0 Å². The van der Waals surface area contributed by atoms with Crippen LogP contribution in [0.5, 0.6) is 11.5 Å². The summed E-state index contributed by atoms with van der Waals surface area (Å²) in [6.07, 6.45) is 0. The van der Waals surface area contributed by atoms with Gasteiger partial charge in [0.2, 0.25) is 0 Å². The molecule has 3 nitrogen and oxygen atoms in total. The number of hydrogen-bond acceptors (Lipinski definition) is 3. The number of halogens is 2. The highest BCUT2D eigenvalue weighted by molar-refractivity contribution is 9.10. The third-order valence-electron chi connectivity index (χ3n) is 2.82. The van der Waals surface area contributed by atoms with E-state index in [4.69, 9.17) is 21.1 Å². The minimum absolute atomic E-state index is 0.116. The van der Waals surface area contributed by atoms with E-state index in [2.05, 4.69) is 15.9 Å². The van der Waals surface area contributed by atoms with E-state index in [1.165, 1.54) is 7.11 Å². The molecule has 0 amide bonds. The zero-order valence-electron chi connectivity index (χ0n) is 10.9. The molecule has 0 radical (unpaired) electrons. The molecule has 0 heterocycles. The van der Waals surface area contributed by atoms with Gasteiger partial charge in [0.25, 0.3) is 0 Å². The molecule has 0 aliphatic heterocycles. The van der Waals surface area contributed by atoms with Crippen LogP contribution < -0.4 is 9.47 Å². The van der Waals surface area contributed by atoms with Crippen molar-refractivity contribution in [2.75, 3.05) is 14.2 Å². The van der Waals surface area contributed by atoms with E-state index in [0.29, 0.717) is 32.1 Å². The topological polar surface area (TPSA) is 35.5 Å². The fourth-order valence-electron chi connectivity index (χ4n) is 1.81. The van der Waals surface area contributed by atoms with Crippen LogP contribution in [0, 0.1) is 0 Å². The fraction of sp³-hybridized carbons (Fsp3) is 0.133. The normalized spacial score (nSPS) is 10.2. The maximum atomic E-state index is 12.5. The Morgan fingerprint density at radius 2 is 1.75 bits per heavy atom. The molecule has 0 spiro atoms. The van der Waals surface area contributed by atoms with Gasteiger partial charge in [-0.25, -0.2) is 0 Å². The monoisotopic (exact) mass is 354 g/mol. The summed E-state index contributed by atoms with van der Waals surface area (Å²) in [5, 5.41) is 0.570. The van der Waals surface area contributed by atoms with Gasteiger partial charge in [0.1, 0.15) is 0 Å². The summed E-state index contributed by atoms with van der Waals surface area (Å²) >= 11 is 9.22. The summed E-state index contributed by atoms with van der Waals surface area (Å²) < 4.78 is 11.0. The molecule has 20 heavy (non-hydrogen) atoms. The van der Waals surface area contributed by atoms with E-state index in [1.54, 1.807) is 43.5 Å². The largest absolute Gasteiger partial charge is 0.493 e. The van der Waals surface area contributed by atoms with Gasteiger partial charge in [0.05, 0.1) is 14.2 Å². The number of carbonyl (C=O) groups is 1. The minimum Gasteiger partial charge on any atom is -0.493 e. The first-order chi connectivity index (χ1) is 9.56. The molecule has 0 aliphatic carbocycles. The zero-order valence-corrected chi connectivity index (χ0v) is 13.3. The lowest BCUT2D eigenvalue weighted by Crippen LogP contribution is -2.03. The van der Waals surface area contributed by atoms with Crippen molar-refractivity contribution in [3.8, 4) is 11.5 Å². The highest BCUT2D eigenvalue weighted by Crippen LogP contribution is 2.30. The van der Waals surface area contributed by atoms with Gasteiger partial charge in [-0.05, 0) is 52.3 Å². The Bertz CT molecular complexity index is 656. The van der Waals surface area contributed by atoms with Gasteiger partial charge < -0.3 is 9.47 Å². The Morgan fingerprint density at radius 3 is 2.35 bits per heavy atom. The zero-order chi connectivity index (χ0) is 14.7. The number of ketones is 1. The van der Waals surface area contributed by atoms with Gasteiger partial charge in [-0.15, -0.1) is 0 Å². The summed E-state index contributed by atoms with van der Waals surface area (Å²) in [7, 11) is 3.08. The van der Waals surface area contributed by atoms with Gasteiger partial charge in [-0.2, -0.15) is 0 Å². The predicted octanol–water partition coefficient (Wildman–Crippen LogP) is 4.35. The molecular formula is C15H12BrClO3. The molecule has 0 saturated carbocycles. The Balaban J connectivity index is 2.43. The van der Waals surface area contributed by atoms with Gasteiger partial charge in [0, 0.05) is 20.6 Å². The average Bonchev–Trinajstić information content (AvgIpc) is 2.45. The number of ether oxygens (including phenoxy) is 2. The number of hydrogen-bond donors (Lipinski definition) is 0. The number of benzene rings is 2. The lowest BCUT2D eigenvalue weighted by atomic mass is 10.0. The second-order valence-electron chi connectivity index (χ2n) is 4.02. The van der Waals surface area contributed by atoms with Crippen molar-refractivity contribution in [2.45, 2.75) is 0 Å². The van der Waals surface area contributed by atoms with E-state index in [-0.39, 0.29) is 5.78 Å². The van der Waals surface area contributed by atoms with Crippen LogP contribution in [0.15, 0.2) is 40.9 Å². The average molecular weight is 356 g/mol. The lowest BCUT2D eigenvalue weighted by Gasteiger charge is -2.10. The van der Waals surface area contributed by atoms with Crippen LogP contribution in [-0.4, -0.2) is 20.0 Å². The highest BCUT2D eigenvalue weighted by atomic mass is 79.9. The summed E-state index contributed by atoms with van der Waals surface area (Å²) in [6, 6.07) is 10.1. The predicted molar refractivity (Wildman–Crippen MR) is 82.1 cm³/mol. The quantitative estimate of drug-likeness (QED) is 0.765. The molecule has 0 aliphatic rings. The second kappa shape index (κ2) is 6.29. The lowest BCUT2D eigenvalue weighted by molar-refractivity contribution is 0.103. The molecule has 0 aromatic heterocycles. The minimum atomic E-state index is -0.116. The second-order valence-corrected chi connectivity index (χ2v) is 5.31. The molecule has 0 unspecified atom stereocenters. The maximum Gasteiger partial charge on any atom is 0.194 e. The maximum absolute atomic E-state index is 12.5. The molecule has 0 N–H and O–H groups in total. The van der Waals surface area contributed by atoms with Crippen molar-refractivity contribution >= 4 is 33.3 Å². The summed E-state index contributed by atoms with van der Waals surface area (Å²) in [5.41, 5.74) is 1.06. The molecular weight excluding hydrogens is 344 g/mol. The van der Waals surface area contributed by atoms with Crippen molar-refractivity contribution in [2.24, 2.45) is 0 Å². The first-order valence-corrected chi connectivity index (χ1v) is 6.95. The Morgan fingerprint density at radius 1 is 1.05 bits per heavy atom. The van der Waals surface area contributed by atoms with Gasteiger partial charge in [-0.1, -0.05) is 11.6 Å². The van der Waals surface area contributed by atoms with Crippen LogP contribution in [0.3, 0.4) is 0 Å². The van der Waals surface area contributed by atoms with Crippen molar-refractivity contribution in [3.05, 3.63) is 57.0 Å². The fourth-order valence-corrected chi connectivity index (χ4v) is 2.67. The van der Waals surface area contributed by atoms with Crippen molar-refractivity contribution in [1.82, 2.24) is 0 Å². The van der Waals surface area contributed by atoms with E-state index < -0.39 is 0 Å². The third kappa shape index (κ3) is 2.97. The van der Waals surface area contributed by atoms with Crippen LogP contribution in [0.25, 0.3) is 0 Å². The highest BCUT2D eigenvalue weighted by Gasteiger charge is 2.15. The van der Waals surface area contributed by atoms with Gasteiger partial charge in [0.15, 0.2) is 17.3 Å². The van der Waals surface area contributed by atoms with E-state index in [1.807, 2.05) is 0 Å². The summed E-state index contributed by atoms with van der Waals surface area (Å²) in [5.74, 6) is 0.983. The number of rotatable bonds is 4. The molecule has 0 bridgehead atoms. The van der Waals surface area contributed by atoms with Crippen LogP contribution in [0.1, 0.15) is 15.9 Å². The molecule has 5 heteroatoms. The van der Waals surface area contributed by atoms with E-state index >= 15 is 0 Å². The van der Waals surface area contributed by atoms with Crippen LogP contribution >= 0.6 is 27.5 Å². The smallest absolute Gasteiger partial charge is 0.194 e. The Kier molecular flexibility index (Phi) is 4.68. The first-order valence-electron chi connectivity index (χ1n) is 5.78.